The van der Waals surface area contributed by atoms with Gasteiger partial charge in [0.2, 0.25) is 0 Å². The highest BCUT2D eigenvalue weighted by Crippen LogP contribution is 2.34. The van der Waals surface area contributed by atoms with E-state index in [1.54, 1.807) is 0 Å². The van der Waals surface area contributed by atoms with Crippen LogP contribution in [0.15, 0.2) is 24.3 Å². The van der Waals surface area contributed by atoms with Crippen LogP contribution >= 0.6 is 0 Å². The van der Waals surface area contributed by atoms with Gasteiger partial charge in [-0.05, 0) is 32.4 Å². The van der Waals surface area contributed by atoms with Gasteiger partial charge in [-0.3, -0.25) is 0 Å². The summed E-state index contributed by atoms with van der Waals surface area (Å²) in [6.07, 6.45) is 1.04. The number of nitrogens with zero attached hydrogens (tertiary/aromatic N) is 1. The average molecular weight is 220 g/mol. The fourth-order valence-corrected chi connectivity index (χ4v) is 2.07. The standard InChI is InChI=1S/C13H20N2O/c1-13(2,10-14)15-8-5-9-16-12-7-4-3-6-11(12)15/h3-4,6-7H,5,8-10,14H2,1-2H3. The summed E-state index contributed by atoms with van der Waals surface area (Å²) in [5.74, 6) is 0.974. The van der Waals surface area contributed by atoms with Gasteiger partial charge in [-0.25, -0.2) is 0 Å². The summed E-state index contributed by atoms with van der Waals surface area (Å²) >= 11 is 0. The molecule has 1 heterocycles. The predicted molar refractivity (Wildman–Crippen MR) is 67.0 cm³/mol. The van der Waals surface area contributed by atoms with Crippen molar-refractivity contribution in [2.75, 3.05) is 24.6 Å². The second kappa shape index (κ2) is 4.34. The average Bonchev–Trinajstić information content (AvgIpc) is 2.51. The fourth-order valence-electron chi connectivity index (χ4n) is 2.07. The zero-order valence-corrected chi connectivity index (χ0v) is 10.1. The lowest BCUT2D eigenvalue weighted by Gasteiger charge is -2.39. The Bertz CT molecular complexity index is 363. The molecule has 0 fully saturated rings. The number of rotatable bonds is 2. The minimum atomic E-state index is -0.0240. The molecular weight excluding hydrogens is 200 g/mol. The van der Waals surface area contributed by atoms with E-state index < -0.39 is 0 Å². The molecule has 3 heteroatoms. The van der Waals surface area contributed by atoms with Crippen molar-refractivity contribution in [1.29, 1.82) is 0 Å². The Morgan fingerprint density at radius 3 is 2.88 bits per heavy atom. The largest absolute Gasteiger partial charge is 0.491 e. The van der Waals surface area contributed by atoms with E-state index >= 15 is 0 Å². The van der Waals surface area contributed by atoms with Gasteiger partial charge in [0, 0.05) is 18.6 Å². The lowest BCUT2D eigenvalue weighted by molar-refractivity contribution is 0.321. The number of benzene rings is 1. The Morgan fingerprint density at radius 2 is 2.12 bits per heavy atom. The van der Waals surface area contributed by atoms with Gasteiger partial charge in [0.25, 0.3) is 0 Å². The summed E-state index contributed by atoms with van der Waals surface area (Å²) in [4.78, 5) is 2.36. The Morgan fingerprint density at radius 1 is 1.38 bits per heavy atom. The number of para-hydroxylation sites is 2. The van der Waals surface area contributed by atoms with Crippen molar-refractivity contribution in [3.63, 3.8) is 0 Å². The number of fused-ring (bicyclic) bond motifs is 1. The predicted octanol–water partition coefficient (Wildman–Crippen LogP) is 2.01. The molecule has 0 aromatic heterocycles. The molecule has 0 unspecified atom stereocenters. The van der Waals surface area contributed by atoms with Crippen molar-refractivity contribution in [1.82, 2.24) is 0 Å². The van der Waals surface area contributed by atoms with Gasteiger partial charge >= 0.3 is 0 Å². The van der Waals surface area contributed by atoms with Gasteiger partial charge in [0.1, 0.15) is 5.75 Å². The van der Waals surface area contributed by atoms with Gasteiger partial charge in [-0.2, -0.15) is 0 Å². The Balaban J connectivity index is 2.40. The minimum absolute atomic E-state index is 0.0240. The number of hydrogen-bond donors (Lipinski definition) is 1. The molecule has 0 bridgehead atoms. The molecule has 1 aliphatic rings. The van der Waals surface area contributed by atoms with Crippen molar-refractivity contribution in [3.05, 3.63) is 24.3 Å². The maximum absolute atomic E-state index is 5.86. The zero-order chi connectivity index (χ0) is 11.6. The van der Waals surface area contributed by atoms with Gasteiger partial charge in [0.15, 0.2) is 0 Å². The molecule has 0 aliphatic carbocycles. The second-order valence-electron chi connectivity index (χ2n) is 4.84. The Hall–Kier alpha value is -1.22. The lowest BCUT2D eigenvalue weighted by Crippen LogP contribution is -2.49. The maximum Gasteiger partial charge on any atom is 0.142 e. The van der Waals surface area contributed by atoms with Crippen molar-refractivity contribution in [3.8, 4) is 5.75 Å². The van der Waals surface area contributed by atoms with E-state index in [9.17, 15) is 0 Å². The van der Waals surface area contributed by atoms with E-state index in [4.69, 9.17) is 10.5 Å². The van der Waals surface area contributed by atoms with Crippen LogP contribution in [0.4, 0.5) is 5.69 Å². The second-order valence-corrected chi connectivity index (χ2v) is 4.84. The van der Waals surface area contributed by atoms with Crippen molar-refractivity contribution in [2.45, 2.75) is 25.8 Å². The summed E-state index contributed by atoms with van der Waals surface area (Å²) < 4.78 is 5.74. The van der Waals surface area contributed by atoms with E-state index in [0.29, 0.717) is 6.54 Å². The molecule has 3 nitrogen and oxygen atoms in total. The zero-order valence-electron chi connectivity index (χ0n) is 10.1. The van der Waals surface area contributed by atoms with Crippen LogP contribution in [0.2, 0.25) is 0 Å². The normalized spacial score (nSPS) is 16.3. The van der Waals surface area contributed by atoms with Crippen LogP contribution in [0.25, 0.3) is 0 Å². The number of anilines is 1. The van der Waals surface area contributed by atoms with Crippen LogP contribution in [0.3, 0.4) is 0 Å². The SMILES string of the molecule is CC(C)(CN)N1CCCOc2ccccc21. The van der Waals surface area contributed by atoms with Gasteiger partial charge in [-0.1, -0.05) is 12.1 Å². The summed E-state index contributed by atoms with van der Waals surface area (Å²) in [6, 6.07) is 8.20. The van der Waals surface area contributed by atoms with Crippen molar-refractivity contribution >= 4 is 5.69 Å². The van der Waals surface area contributed by atoms with Crippen LogP contribution in [-0.4, -0.2) is 25.2 Å². The molecule has 1 aliphatic heterocycles. The molecule has 2 N–H and O–H groups in total. The molecule has 0 amide bonds. The Labute approximate surface area is 97.2 Å². The molecule has 0 saturated carbocycles. The number of ether oxygens (including phenoxy) is 1. The van der Waals surface area contributed by atoms with E-state index in [2.05, 4.69) is 24.8 Å². The highest BCUT2D eigenvalue weighted by atomic mass is 16.5. The molecule has 0 spiro atoms. The van der Waals surface area contributed by atoms with Crippen LogP contribution in [0.5, 0.6) is 5.75 Å². The summed E-state index contributed by atoms with van der Waals surface area (Å²) in [7, 11) is 0. The summed E-state index contributed by atoms with van der Waals surface area (Å²) in [5, 5.41) is 0. The molecular formula is C13H20N2O. The van der Waals surface area contributed by atoms with Crippen LogP contribution in [-0.2, 0) is 0 Å². The first-order valence-electron chi connectivity index (χ1n) is 5.85. The van der Waals surface area contributed by atoms with E-state index in [1.165, 1.54) is 0 Å². The minimum Gasteiger partial charge on any atom is -0.491 e. The smallest absolute Gasteiger partial charge is 0.142 e. The van der Waals surface area contributed by atoms with Crippen molar-refractivity contribution in [2.24, 2.45) is 5.73 Å². The highest BCUT2D eigenvalue weighted by Gasteiger charge is 2.28. The first kappa shape index (κ1) is 11.3. The molecule has 0 saturated heterocycles. The van der Waals surface area contributed by atoms with Crippen molar-refractivity contribution < 1.29 is 4.74 Å². The molecule has 16 heavy (non-hydrogen) atoms. The lowest BCUT2D eigenvalue weighted by atomic mass is 10.0. The third-order valence-electron chi connectivity index (χ3n) is 3.17. The topological polar surface area (TPSA) is 38.5 Å². The van der Waals surface area contributed by atoms with E-state index in [1.807, 2.05) is 18.2 Å². The van der Waals surface area contributed by atoms with E-state index in [-0.39, 0.29) is 5.54 Å². The van der Waals surface area contributed by atoms with E-state index in [0.717, 1.165) is 31.0 Å². The fraction of sp³-hybridized carbons (Fsp3) is 0.538. The molecule has 88 valence electrons. The third kappa shape index (κ3) is 2.00. The maximum atomic E-state index is 5.86. The molecule has 0 radical (unpaired) electrons. The van der Waals surface area contributed by atoms with Crippen LogP contribution in [0.1, 0.15) is 20.3 Å². The first-order chi connectivity index (χ1) is 7.65. The first-order valence-corrected chi connectivity index (χ1v) is 5.85. The number of hydrogen-bond acceptors (Lipinski definition) is 3. The highest BCUT2D eigenvalue weighted by molar-refractivity contribution is 5.60. The van der Waals surface area contributed by atoms with Crippen LogP contribution < -0.4 is 15.4 Å². The molecule has 1 aromatic rings. The molecule has 1 aromatic carbocycles. The third-order valence-corrected chi connectivity index (χ3v) is 3.17. The molecule has 2 rings (SSSR count). The quantitative estimate of drug-likeness (QED) is 0.828. The monoisotopic (exact) mass is 220 g/mol. The Kier molecular flexibility index (Phi) is 3.06. The molecule has 0 atom stereocenters. The van der Waals surface area contributed by atoms with Gasteiger partial charge < -0.3 is 15.4 Å². The summed E-state index contributed by atoms with van der Waals surface area (Å²) in [6.45, 7) is 6.78. The van der Waals surface area contributed by atoms with Gasteiger partial charge in [-0.15, -0.1) is 0 Å². The van der Waals surface area contributed by atoms with Gasteiger partial charge in [0.05, 0.1) is 12.3 Å². The number of nitrogens with two attached hydrogens (primary N) is 1. The van der Waals surface area contributed by atoms with Crippen LogP contribution in [0, 0.1) is 0 Å². The summed E-state index contributed by atoms with van der Waals surface area (Å²) in [5.41, 5.74) is 7.00.